The molecule has 2 aromatic carbocycles. The molecule has 3 aromatic rings. The normalized spacial score (nSPS) is 13.9. The summed E-state index contributed by atoms with van der Waals surface area (Å²) in [5.74, 6) is 0.666. The summed E-state index contributed by atoms with van der Waals surface area (Å²) < 4.78 is 5.77. The Bertz CT molecular complexity index is 1160. The van der Waals surface area contributed by atoms with E-state index in [0.717, 1.165) is 49.7 Å². The second-order valence-electron chi connectivity index (χ2n) is 8.48. The topological polar surface area (TPSA) is 101 Å². The quantitative estimate of drug-likeness (QED) is 0.496. The molecule has 182 valence electrons. The minimum atomic E-state index is -0.546. The SMILES string of the molecule is CCN1CCN(c2ccc(CNC(=O)c3cccc(COc4ccccc4C(N)=O)c3)cn2)CC1. The van der Waals surface area contributed by atoms with E-state index in [1.54, 1.807) is 36.4 Å². The lowest BCUT2D eigenvalue weighted by Crippen LogP contribution is -2.46. The fraction of sp³-hybridized carbons (Fsp3) is 0.296. The van der Waals surface area contributed by atoms with Gasteiger partial charge in [0, 0.05) is 44.5 Å². The van der Waals surface area contributed by atoms with E-state index in [2.05, 4.69) is 27.0 Å². The smallest absolute Gasteiger partial charge is 0.252 e. The summed E-state index contributed by atoms with van der Waals surface area (Å²) in [6.07, 6.45) is 1.82. The lowest BCUT2D eigenvalue weighted by Gasteiger charge is -2.34. The molecule has 1 aromatic heterocycles. The minimum absolute atomic E-state index is 0.177. The summed E-state index contributed by atoms with van der Waals surface area (Å²) in [6, 6.07) is 18.1. The third-order valence-electron chi connectivity index (χ3n) is 6.14. The second-order valence-corrected chi connectivity index (χ2v) is 8.48. The Morgan fingerprint density at radius 1 is 1.00 bits per heavy atom. The summed E-state index contributed by atoms with van der Waals surface area (Å²) in [6.45, 7) is 7.93. The Morgan fingerprint density at radius 2 is 1.80 bits per heavy atom. The maximum Gasteiger partial charge on any atom is 0.252 e. The average molecular weight is 474 g/mol. The van der Waals surface area contributed by atoms with Crippen molar-refractivity contribution in [2.45, 2.75) is 20.1 Å². The number of amides is 2. The van der Waals surface area contributed by atoms with Gasteiger partial charge < -0.3 is 25.6 Å². The van der Waals surface area contributed by atoms with Crippen molar-refractivity contribution in [2.24, 2.45) is 5.73 Å². The van der Waals surface area contributed by atoms with E-state index in [-0.39, 0.29) is 12.5 Å². The molecular formula is C27H31N5O3. The zero-order valence-electron chi connectivity index (χ0n) is 19.9. The molecule has 0 spiro atoms. The molecule has 1 fully saturated rings. The van der Waals surface area contributed by atoms with Gasteiger partial charge in [-0.1, -0.05) is 37.3 Å². The first kappa shape index (κ1) is 24.2. The molecule has 0 unspecified atom stereocenters. The van der Waals surface area contributed by atoms with Gasteiger partial charge in [0.1, 0.15) is 18.2 Å². The van der Waals surface area contributed by atoms with Gasteiger partial charge in [0.2, 0.25) is 0 Å². The van der Waals surface area contributed by atoms with Crippen LogP contribution in [-0.2, 0) is 13.2 Å². The molecule has 8 heteroatoms. The number of carbonyl (C=O) groups excluding carboxylic acids is 2. The fourth-order valence-electron chi connectivity index (χ4n) is 4.05. The Balaban J connectivity index is 1.30. The van der Waals surface area contributed by atoms with Gasteiger partial charge in [-0.05, 0) is 48.0 Å². The molecule has 0 saturated carbocycles. The van der Waals surface area contributed by atoms with Gasteiger partial charge in [0.25, 0.3) is 11.8 Å². The van der Waals surface area contributed by atoms with Crippen LogP contribution in [0.25, 0.3) is 0 Å². The van der Waals surface area contributed by atoms with Gasteiger partial charge in [-0.15, -0.1) is 0 Å². The van der Waals surface area contributed by atoms with Crippen LogP contribution in [0, 0.1) is 0 Å². The molecule has 2 heterocycles. The Kier molecular flexibility index (Phi) is 7.95. The minimum Gasteiger partial charge on any atom is -0.488 e. The number of hydrogen-bond donors (Lipinski definition) is 2. The van der Waals surface area contributed by atoms with Gasteiger partial charge in [-0.3, -0.25) is 9.59 Å². The van der Waals surface area contributed by atoms with Crippen LogP contribution in [0.4, 0.5) is 5.82 Å². The van der Waals surface area contributed by atoms with Crippen molar-refractivity contribution in [1.29, 1.82) is 0 Å². The number of benzene rings is 2. The number of rotatable bonds is 9. The molecular weight excluding hydrogens is 442 g/mol. The first-order chi connectivity index (χ1) is 17.0. The zero-order chi connectivity index (χ0) is 24.6. The average Bonchev–Trinajstić information content (AvgIpc) is 2.91. The largest absolute Gasteiger partial charge is 0.488 e. The van der Waals surface area contributed by atoms with Crippen molar-refractivity contribution in [2.75, 3.05) is 37.6 Å². The Labute approximate surface area is 205 Å². The number of pyridine rings is 1. The number of para-hydroxylation sites is 1. The van der Waals surface area contributed by atoms with Gasteiger partial charge >= 0.3 is 0 Å². The number of likely N-dealkylation sites (N-methyl/N-ethyl adjacent to an activating group) is 1. The van der Waals surface area contributed by atoms with Gasteiger partial charge in [0.05, 0.1) is 5.56 Å². The number of anilines is 1. The molecule has 0 radical (unpaired) electrons. The number of ether oxygens (including phenoxy) is 1. The maximum atomic E-state index is 12.7. The zero-order valence-corrected chi connectivity index (χ0v) is 19.9. The number of carbonyl (C=O) groups is 2. The number of aromatic nitrogens is 1. The summed E-state index contributed by atoms with van der Waals surface area (Å²) in [5, 5.41) is 2.95. The second kappa shape index (κ2) is 11.5. The Hall–Kier alpha value is -3.91. The molecule has 4 rings (SSSR count). The number of hydrogen-bond acceptors (Lipinski definition) is 6. The van der Waals surface area contributed by atoms with E-state index in [9.17, 15) is 9.59 Å². The lowest BCUT2D eigenvalue weighted by molar-refractivity contribution is 0.0949. The van der Waals surface area contributed by atoms with E-state index in [4.69, 9.17) is 10.5 Å². The fourth-order valence-corrected chi connectivity index (χ4v) is 4.05. The number of primary amides is 1. The lowest BCUT2D eigenvalue weighted by atomic mass is 10.1. The van der Waals surface area contributed by atoms with Gasteiger partial charge in [-0.2, -0.15) is 0 Å². The molecule has 35 heavy (non-hydrogen) atoms. The molecule has 1 saturated heterocycles. The first-order valence-electron chi connectivity index (χ1n) is 11.8. The van der Waals surface area contributed by atoms with Crippen LogP contribution in [0.5, 0.6) is 5.75 Å². The van der Waals surface area contributed by atoms with E-state index in [1.165, 1.54) is 0 Å². The van der Waals surface area contributed by atoms with E-state index >= 15 is 0 Å². The highest BCUT2D eigenvalue weighted by Crippen LogP contribution is 2.19. The van der Waals surface area contributed by atoms with Crippen LogP contribution in [0.3, 0.4) is 0 Å². The van der Waals surface area contributed by atoms with Crippen LogP contribution >= 0.6 is 0 Å². The van der Waals surface area contributed by atoms with E-state index in [0.29, 0.717) is 23.4 Å². The standard InChI is InChI=1S/C27H31N5O3/c1-2-31-12-14-32(15-13-31)25-11-10-21(17-29-25)18-30-27(34)22-7-5-6-20(16-22)19-35-24-9-4-3-8-23(24)26(28)33/h3-11,16-17H,2,12-15,18-19H2,1H3,(H2,28,33)(H,30,34). The monoisotopic (exact) mass is 473 g/mol. The van der Waals surface area contributed by atoms with Crippen molar-refractivity contribution >= 4 is 17.6 Å². The van der Waals surface area contributed by atoms with Crippen LogP contribution < -0.4 is 20.7 Å². The van der Waals surface area contributed by atoms with Gasteiger partial charge in [-0.25, -0.2) is 4.98 Å². The van der Waals surface area contributed by atoms with Crippen LogP contribution in [0.2, 0.25) is 0 Å². The van der Waals surface area contributed by atoms with Crippen molar-refractivity contribution in [3.63, 3.8) is 0 Å². The summed E-state index contributed by atoms with van der Waals surface area (Å²) >= 11 is 0. The number of nitrogens with zero attached hydrogens (tertiary/aromatic N) is 3. The van der Waals surface area contributed by atoms with E-state index in [1.807, 2.05) is 30.5 Å². The van der Waals surface area contributed by atoms with Crippen molar-refractivity contribution in [1.82, 2.24) is 15.2 Å². The number of nitrogens with two attached hydrogens (primary N) is 1. The third kappa shape index (κ3) is 6.36. The highest BCUT2D eigenvalue weighted by atomic mass is 16.5. The predicted molar refractivity (Wildman–Crippen MR) is 135 cm³/mol. The number of piperazine rings is 1. The summed E-state index contributed by atoms with van der Waals surface area (Å²) in [4.78, 5) is 33.6. The predicted octanol–water partition coefficient (Wildman–Crippen LogP) is 2.83. The van der Waals surface area contributed by atoms with Crippen molar-refractivity contribution < 1.29 is 14.3 Å². The highest BCUT2D eigenvalue weighted by Gasteiger charge is 2.16. The van der Waals surface area contributed by atoms with E-state index < -0.39 is 5.91 Å². The van der Waals surface area contributed by atoms with Crippen LogP contribution in [0.1, 0.15) is 38.8 Å². The maximum absolute atomic E-state index is 12.7. The molecule has 1 aliphatic rings. The van der Waals surface area contributed by atoms with Gasteiger partial charge in [0.15, 0.2) is 0 Å². The molecule has 2 amide bonds. The molecule has 0 bridgehead atoms. The summed E-state index contributed by atoms with van der Waals surface area (Å²) in [7, 11) is 0. The summed E-state index contributed by atoms with van der Waals surface area (Å²) in [5.41, 5.74) is 8.02. The molecule has 3 N–H and O–H groups in total. The molecule has 8 nitrogen and oxygen atoms in total. The molecule has 1 aliphatic heterocycles. The van der Waals surface area contributed by atoms with Crippen LogP contribution in [0.15, 0.2) is 66.9 Å². The molecule has 0 atom stereocenters. The Morgan fingerprint density at radius 3 is 2.51 bits per heavy atom. The number of nitrogens with one attached hydrogen (secondary N) is 1. The third-order valence-corrected chi connectivity index (χ3v) is 6.14. The van der Waals surface area contributed by atoms with Crippen molar-refractivity contribution in [3.05, 3.63) is 89.1 Å². The van der Waals surface area contributed by atoms with Crippen LogP contribution in [-0.4, -0.2) is 54.4 Å². The first-order valence-corrected chi connectivity index (χ1v) is 11.8. The highest BCUT2D eigenvalue weighted by molar-refractivity contribution is 5.95. The van der Waals surface area contributed by atoms with Crippen molar-refractivity contribution in [3.8, 4) is 5.75 Å². The molecule has 0 aliphatic carbocycles.